The molecule has 0 spiro atoms. The number of nitrogens with zero attached hydrogens (tertiary/aromatic N) is 2. The third-order valence-electron chi connectivity index (χ3n) is 2.43. The van der Waals surface area contributed by atoms with Crippen molar-refractivity contribution in [2.75, 3.05) is 12.8 Å². The minimum atomic E-state index is 0.314. The molecule has 15 heavy (non-hydrogen) atoms. The van der Waals surface area contributed by atoms with E-state index in [9.17, 15) is 0 Å². The molecule has 0 aliphatic heterocycles. The second-order valence-electron chi connectivity index (χ2n) is 3.80. The molecular formula is C11H15N3O. The van der Waals surface area contributed by atoms with Crippen molar-refractivity contribution in [2.45, 2.75) is 19.8 Å². The largest absolute Gasteiger partial charge is 0.482 e. The van der Waals surface area contributed by atoms with Crippen LogP contribution >= 0.6 is 0 Å². The van der Waals surface area contributed by atoms with E-state index in [1.807, 2.05) is 22.6 Å². The third kappa shape index (κ3) is 1.42. The first kappa shape index (κ1) is 9.83. The number of hydrogen-bond acceptors (Lipinski definition) is 3. The lowest BCUT2D eigenvalue weighted by Crippen LogP contribution is -2.00. The van der Waals surface area contributed by atoms with Crippen molar-refractivity contribution < 1.29 is 4.74 Å². The monoisotopic (exact) mass is 205 g/mol. The van der Waals surface area contributed by atoms with Crippen LogP contribution in [0.25, 0.3) is 5.65 Å². The summed E-state index contributed by atoms with van der Waals surface area (Å²) in [7, 11) is 1.63. The van der Waals surface area contributed by atoms with Gasteiger partial charge >= 0.3 is 0 Å². The molecule has 4 nitrogen and oxygen atoms in total. The van der Waals surface area contributed by atoms with Crippen molar-refractivity contribution in [3.63, 3.8) is 0 Å². The average Bonchev–Trinajstić information content (AvgIpc) is 2.56. The molecule has 4 heteroatoms. The quantitative estimate of drug-likeness (QED) is 0.816. The number of nitrogen functional groups attached to an aromatic ring is 1. The van der Waals surface area contributed by atoms with Crippen LogP contribution in [0.5, 0.6) is 5.88 Å². The lowest BCUT2D eigenvalue weighted by Gasteiger charge is -2.05. The summed E-state index contributed by atoms with van der Waals surface area (Å²) in [5.41, 5.74) is 7.78. The zero-order valence-electron chi connectivity index (χ0n) is 9.19. The van der Waals surface area contributed by atoms with Gasteiger partial charge in [0.1, 0.15) is 11.5 Å². The zero-order chi connectivity index (χ0) is 11.0. The molecule has 0 unspecified atom stereocenters. The Labute approximate surface area is 88.7 Å². The molecule has 0 amide bonds. The molecule has 2 heterocycles. The number of nitrogens with two attached hydrogens (primary N) is 1. The average molecular weight is 205 g/mol. The molecule has 80 valence electrons. The number of hydrogen-bond donors (Lipinski definition) is 1. The number of pyridine rings is 1. The molecule has 0 aromatic carbocycles. The van der Waals surface area contributed by atoms with Gasteiger partial charge in [0.2, 0.25) is 5.88 Å². The van der Waals surface area contributed by atoms with Crippen molar-refractivity contribution in [2.24, 2.45) is 0 Å². The highest BCUT2D eigenvalue weighted by molar-refractivity contribution is 5.56. The van der Waals surface area contributed by atoms with Crippen molar-refractivity contribution >= 4 is 11.5 Å². The van der Waals surface area contributed by atoms with Crippen LogP contribution in [0.1, 0.15) is 25.5 Å². The smallest absolute Gasteiger partial charge is 0.200 e. The van der Waals surface area contributed by atoms with Gasteiger partial charge in [-0.25, -0.2) is 9.38 Å². The van der Waals surface area contributed by atoms with E-state index in [1.165, 1.54) is 0 Å². The fourth-order valence-electron chi connectivity index (χ4n) is 1.69. The summed E-state index contributed by atoms with van der Waals surface area (Å²) >= 11 is 0. The molecule has 0 aliphatic rings. The SMILES string of the molecule is COc1cccc2nc(C(C)C)c(N)n12. The normalized spacial score (nSPS) is 11.2. The van der Waals surface area contributed by atoms with Gasteiger partial charge in [-0.05, 0) is 18.1 Å². The summed E-state index contributed by atoms with van der Waals surface area (Å²) in [6, 6.07) is 5.70. The number of methoxy groups -OCH3 is 1. The minimum absolute atomic E-state index is 0.314. The highest BCUT2D eigenvalue weighted by Crippen LogP contribution is 2.26. The van der Waals surface area contributed by atoms with E-state index in [4.69, 9.17) is 10.5 Å². The van der Waals surface area contributed by atoms with Crippen molar-refractivity contribution in [1.29, 1.82) is 0 Å². The van der Waals surface area contributed by atoms with Gasteiger partial charge in [-0.15, -0.1) is 0 Å². The van der Waals surface area contributed by atoms with Crippen LogP contribution in [0.15, 0.2) is 18.2 Å². The molecule has 0 atom stereocenters. The topological polar surface area (TPSA) is 52.5 Å². The van der Waals surface area contributed by atoms with Gasteiger partial charge in [-0.1, -0.05) is 19.9 Å². The summed E-state index contributed by atoms with van der Waals surface area (Å²) in [6.07, 6.45) is 0. The lowest BCUT2D eigenvalue weighted by atomic mass is 10.1. The Balaban J connectivity index is 2.77. The number of aromatic nitrogens is 2. The van der Waals surface area contributed by atoms with E-state index < -0.39 is 0 Å². The zero-order valence-corrected chi connectivity index (χ0v) is 9.19. The first-order valence-electron chi connectivity index (χ1n) is 4.96. The van der Waals surface area contributed by atoms with E-state index in [2.05, 4.69) is 18.8 Å². The van der Waals surface area contributed by atoms with Crippen LogP contribution in [0, 0.1) is 0 Å². The van der Waals surface area contributed by atoms with Crippen LogP contribution in [-0.4, -0.2) is 16.5 Å². The van der Waals surface area contributed by atoms with Gasteiger partial charge in [0, 0.05) is 0 Å². The van der Waals surface area contributed by atoms with Crippen LogP contribution < -0.4 is 10.5 Å². The maximum atomic E-state index is 6.04. The summed E-state index contributed by atoms with van der Waals surface area (Å²) < 4.78 is 7.07. The summed E-state index contributed by atoms with van der Waals surface area (Å²) in [5, 5.41) is 0. The van der Waals surface area contributed by atoms with Gasteiger partial charge < -0.3 is 10.5 Å². The van der Waals surface area contributed by atoms with Gasteiger partial charge in [-0.2, -0.15) is 0 Å². The van der Waals surface area contributed by atoms with Crippen LogP contribution in [-0.2, 0) is 0 Å². The highest BCUT2D eigenvalue weighted by Gasteiger charge is 2.14. The summed E-state index contributed by atoms with van der Waals surface area (Å²) in [4.78, 5) is 4.48. The lowest BCUT2D eigenvalue weighted by molar-refractivity contribution is 0.393. The molecule has 0 saturated heterocycles. The second-order valence-corrected chi connectivity index (χ2v) is 3.80. The van der Waals surface area contributed by atoms with Crippen molar-refractivity contribution in [3.05, 3.63) is 23.9 Å². The number of imidazole rings is 1. The van der Waals surface area contributed by atoms with Gasteiger partial charge in [0.25, 0.3) is 0 Å². The summed E-state index contributed by atoms with van der Waals surface area (Å²) in [5.74, 6) is 1.69. The second kappa shape index (κ2) is 3.46. The molecule has 2 aromatic heterocycles. The number of rotatable bonds is 2. The van der Waals surface area contributed by atoms with Crippen molar-refractivity contribution in [3.8, 4) is 5.88 Å². The molecule has 0 aliphatic carbocycles. The molecule has 0 saturated carbocycles. The van der Waals surface area contributed by atoms with Crippen LogP contribution in [0.4, 0.5) is 5.82 Å². The Morgan fingerprint density at radius 3 is 2.73 bits per heavy atom. The summed E-state index contributed by atoms with van der Waals surface area (Å²) in [6.45, 7) is 4.15. The van der Waals surface area contributed by atoms with E-state index >= 15 is 0 Å². The van der Waals surface area contributed by atoms with Crippen LogP contribution in [0.3, 0.4) is 0 Å². The molecular weight excluding hydrogens is 190 g/mol. The van der Waals surface area contributed by atoms with Gasteiger partial charge in [0.15, 0.2) is 0 Å². The predicted molar refractivity (Wildman–Crippen MR) is 60.2 cm³/mol. The molecule has 0 bridgehead atoms. The maximum absolute atomic E-state index is 6.04. The Morgan fingerprint density at radius 2 is 2.13 bits per heavy atom. The predicted octanol–water partition coefficient (Wildman–Crippen LogP) is 2.05. The maximum Gasteiger partial charge on any atom is 0.200 e. The highest BCUT2D eigenvalue weighted by atomic mass is 16.5. The molecule has 2 aromatic rings. The Bertz CT molecular complexity index is 488. The molecule has 2 rings (SSSR count). The van der Waals surface area contributed by atoms with Gasteiger partial charge in [0.05, 0.1) is 12.8 Å². The number of fused-ring (bicyclic) bond motifs is 1. The van der Waals surface area contributed by atoms with E-state index in [0.717, 1.165) is 11.3 Å². The Morgan fingerprint density at radius 1 is 1.40 bits per heavy atom. The van der Waals surface area contributed by atoms with Crippen molar-refractivity contribution in [1.82, 2.24) is 9.38 Å². The third-order valence-corrected chi connectivity index (χ3v) is 2.43. The molecule has 2 N–H and O–H groups in total. The standard InChI is InChI=1S/C11H15N3O/c1-7(2)10-11(12)14-8(13-10)5-4-6-9(14)15-3/h4-7H,12H2,1-3H3. The van der Waals surface area contributed by atoms with E-state index in [-0.39, 0.29) is 0 Å². The minimum Gasteiger partial charge on any atom is -0.482 e. The Hall–Kier alpha value is -1.71. The first-order chi connectivity index (χ1) is 7.15. The fraction of sp³-hybridized carbons (Fsp3) is 0.364. The fourth-order valence-corrected chi connectivity index (χ4v) is 1.69. The number of ether oxygens (including phenoxy) is 1. The first-order valence-corrected chi connectivity index (χ1v) is 4.96. The number of anilines is 1. The van der Waals surface area contributed by atoms with E-state index in [1.54, 1.807) is 7.11 Å². The molecule has 0 fully saturated rings. The van der Waals surface area contributed by atoms with Gasteiger partial charge in [-0.3, -0.25) is 0 Å². The Kier molecular flexibility index (Phi) is 2.26. The van der Waals surface area contributed by atoms with Crippen LogP contribution in [0.2, 0.25) is 0 Å². The molecule has 0 radical (unpaired) electrons. The van der Waals surface area contributed by atoms with E-state index in [0.29, 0.717) is 17.6 Å².